The summed E-state index contributed by atoms with van der Waals surface area (Å²) < 4.78 is 22.3. The van der Waals surface area contributed by atoms with Crippen molar-refractivity contribution in [2.75, 3.05) is 5.73 Å². The summed E-state index contributed by atoms with van der Waals surface area (Å²) in [5.74, 6) is 0. The minimum Gasteiger partial charge on any atom is -0.398 e. The molecule has 66 valence electrons. The molecule has 0 fully saturated rings. The molecule has 1 aromatic rings. The van der Waals surface area contributed by atoms with Crippen molar-refractivity contribution in [2.24, 2.45) is 0 Å². The van der Waals surface area contributed by atoms with E-state index < -0.39 is 9.05 Å². The topological polar surface area (TPSA) is 60.2 Å². The van der Waals surface area contributed by atoms with Crippen LogP contribution in [0.25, 0.3) is 0 Å². The fourth-order valence-corrected chi connectivity index (χ4v) is 2.16. The molecule has 0 heterocycles. The van der Waals surface area contributed by atoms with Crippen LogP contribution in [0.4, 0.5) is 5.69 Å². The first-order valence-corrected chi connectivity index (χ1v) is 6.30. The molecule has 1 rings (SSSR count). The summed E-state index contributed by atoms with van der Waals surface area (Å²) in [6.45, 7) is 0. The third kappa shape index (κ3) is 2.24. The highest BCUT2D eigenvalue weighted by atomic mass is 127. The smallest absolute Gasteiger partial charge is 0.261 e. The van der Waals surface area contributed by atoms with Gasteiger partial charge in [-0.25, -0.2) is 8.42 Å². The lowest BCUT2D eigenvalue weighted by molar-refractivity contribution is 0.609. The Labute approximate surface area is 88.5 Å². The van der Waals surface area contributed by atoms with E-state index >= 15 is 0 Å². The average molecular weight is 318 g/mol. The van der Waals surface area contributed by atoms with Crippen LogP contribution >= 0.6 is 33.3 Å². The Hall–Kier alpha value is -0.0100. The Morgan fingerprint density at radius 1 is 1.42 bits per heavy atom. The van der Waals surface area contributed by atoms with Crippen LogP contribution in [0, 0.1) is 3.57 Å². The second-order valence-electron chi connectivity index (χ2n) is 2.12. The maximum absolute atomic E-state index is 10.8. The summed E-state index contributed by atoms with van der Waals surface area (Å²) in [4.78, 5) is 0.0720. The van der Waals surface area contributed by atoms with Crippen molar-refractivity contribution in [3.05, 3.63) is 21.8 Å². The molecule has 0 amide bonds. The lowest BCUT2D eigenvalue weighted by Crippen LogP contribution is -1.94. The zero-order valence-electron chi connectivity index (χ0n) is 5.79. The summed E-state index contributed by atoms with van der Waals surface area (Å²) in [5.41, 5.74) is 6.03. The second kappa shape index (κ2) is 3.39. The number of anilines is 1. The Bertz CT molecular complexity index is 404. The molecule has 12 heavy (non-hydrogen) atoms. The highest BCUT2D eigenvalue weighted by Crippen LogP contribution is 2.21. The second-order valence-corrected chi connectivity index (χ2v) is 5.85. The van der Waals surface area contributed by atoms with Crippen LogP contribution in [0.2, 0.25) is 0 Å². The van der Waals surface area contributed by atoms with E-state index in [1.54, 1.807) is 0 Å². The minimum absolute atomic E-state index is 0.0720. The third-order valence-electron chi connectivity index (χ3n) is 1.25. The zero-order valence-corrected chi connectivity index (χ0v) is 9.52. The van der Waals surface area contributed by atoms with Gasteiger partial charge < -0.3 is 5.73 Å². The highest BCUT2D eigenvalue weighted by molar-refractivity contribution is 14.1. The Kier molecular flexibility index (Phi) is 2.84. The average Bonchev–Trinajstić information content (AvgIpc) is 1.92. The molecule has 0 unspecified atom stereocenters. The largest absolute Gasteiger partial charge is 0.398 e. The normalized spacial score (nSPS) is 11.5. The minimum atomic E-state index is -3.63. The molecule has 0 aromatic heterocycles. The molecule has 0 aliphatic carbocycles. The van der Waals surface area contributed by atoms with E-state index in [-0.39, 0.29) is 4.90 Å². The molecule has 0 aliphatic rings. The SMILES string of the molecule is Nc1ccc(S(=O)(=O)Cl)cc1I. The lowest BCUT2D eigenvalue weighted by atomic mass is 10.3. The summed E-state index contributed by atoms with van der Waals surface area (Å²) in [5, 5.41) is 0. The van der Waals surface area contributed by atoms with Crippen molar-refractivity contribution < 1.29 is 8.42 Å². The van der Waals surface area contributed by atoms with E-state index in [1.165, 1.54) is 18.2 Å². The van der Waals surface area contributed by atoms with Crippen molar-refractivity contribution in [3.63, 3.8) is 0 Å². The van der Waals surface area contributed by atoms with Gasteiger partial charge in [-0.3, -0.25) is 0 Å². The van der Waals surface area contributed by atoms with E-state index in [0.717, 1.165) is 0 Å². The number of benzene rings is 1. The standard InChI is InChI=1S/C6H5ClINO2S/c7-12(10,11)4-1-2-6(9)5(8)3-4/h1-3H,9H2. The number of nitrogen functional groups attached to an aromatic ring is 1. The molecular formula is C6H5ClINO2S. The molecule has 0 spiro atoms. The van der Waals surface area contributed by atoms with E-state index in [0.29, 0.717) is 9.26 Å². The molecule has 3 nitrogen and oxygen atoms in total. The molecule has 0 saturated carbocycles. The summed E-state index contributed by atoms with van der Waals surface area (Å²) in [6, 6.07) is 4.31. The maximum Gasteiger partial charge on any atom is 0.261 e. The monoisotopic (exact) mass is 317 g/mol. The van der Waals surface area contributed by atoms with Gasteiger partial charge in [0.05, 0.1) is 4.90 Å². The van der Waals surface area contributed by atoms with Crippen LogP contribution in [0.1, 0.15) is 0 Å². The number of hydrogen-bond donors (Lipinski definition) is 1. The molecule has 1 aromatic carbocycles. The van der Waals surface area contributed by atoms with Crippen molar-refractivity contribution in [1.82, 2.24) is 0 Å². The van der Waals surface area contributed by atoms with Crippen LogP contribution < -0.4 is 5.73 Å². The van der Waals surface area contributed by atoms with Crippen molar-refractivity contribution in [1.29, 1.82) is 0 Å². The fraction of sp³-hybridized carbons (Fsp3) is 0. The van der Waals surface area contributed by atoms with Crippen molar-refractivity contribution in [3.8, 4) is 0 Å². The number of hydrogen-bond acceptors (Lipinski definition) is 3. The Morgan fingerprint density at radius 3 is 2.42 bits per heavy atom. The first-order chi connectivity index (χ1) is 5.41. The molecular weight excluding hydrogens is 312 g/mol. The van der Waals surface area contributed by atoms with E-state index in [2.05, 4.69) is 0 Å². The van der Waals surface area contributed by atoms with Gasteiger partial charge in [0, 0.05) is 19.9 Å². The zero-order chi connectivity index (χ0) is 9.35. The van der Waals surface area contributed by atoms with Gasteiger partial charge in [-0.2, -0.15) is 0 Å². The van der Waals surface area contributed by atoms with Gasteiger partial charge >= 0.3 is 0 Å². The van der Waals surface area contributed by atoms with Gasteiger partial charge in [-0.1, -0.05) is 0 Å². The first-order valence-electron chi connectivity index (χ1n) is 2.91. The Balaban J connectivity index is 3.33. The maximum atomic E-state index is 10.8. The van der Waals surface area contributed by atoms with Gasteiger partial charge in [0.2, 0.25) is 0 Å². The van der Waals surface area contributed by atoms with Gasteiger partial charge in [0.15, 0.2) is 0 Å². The third-order valence-corrected chi connectivity index (χ3v) is 3.54. The van der Waals surface area contributed by atoms with Crippen molar-refractivity contribution in [2.45, 2.75) is 4.90 Å². The van der Waals surface area contributed by atoms with E-state index in [4.69, 9.17) is 16.4 Å². The lowest BCUT2D eigenvalue weighted by Gasteiger charge is -1.99. The summed E-state index contributed by atoms with van der Waals surface area (Å²) >= 11 is 1.94. The summed E-state index contributed by atoms with van der Waals surface area (Å²) in [7, 11) is 1.48. The molecule has 0 bridgehead atoms. The van der Waals surface area contributed by atoms with E-state index in [9.17, 15) is 8.42 Å². The highest BCUT2D eigenvalue weighted by Gasteiger charge is 2.10. The van der Waals surface area contributed by atoms with Gasteiger partial charge in [0.1, 0.15) is 0 Å². The van der Waals surface area contributed by atoms with Gasteiger partial charge in [0.25, 0.3) is 9.05 Å². The molecule has 6 heteroatoms. The number of nitrogens with two attached hydrogens (primary N) is 1. The summed E-state index contributed by atoms with van der Waals surface area (Å²) in [6.07, 6.45) is 0. The van der Waals surface area contributed by atoms with Crippen LogP contribution in [0.5, 0.6) is 0 Å². The quantitative estimate of drug-likeness (QED) is 0.488. The van der Waals surface area contributed by atoms with Crippen LogP contribution in [0.15, 0.2) is 23.1 Å². The predicted molar refractivity (Wildman–Crippen MR) is 56.6 cm³/mol. The van der Waals surface area contributed by atoms with Gasteiger partial charge in [-0.15, -0.1) is 0 Å². The first kappa shape index (κ1) is 10.1. The molecule has 2 N–H and O–H groups in total. The van der Waals surface area contributed by atoms with Crippen LogP contribution in [0.3, 0.4) is 0 Å². The number of halogens is 2. The number of rotatable bonds is 1. The van der Waals surface area contributed by atoms with Gasteiger partial charge in [-0.05, 0) is 40.8 Å². The molecule has 0 aliphatic heterocycles. The predicted octanol–water partition coefficient (Wildman–Crippen LogP) is 1.80. The molecule has 0 atom stereocenters. The van der Waals surface area contributed by atoms with E-state index in [1.807, 2.05) is 22.6 Å². The molecule has 0 radical (unpaired) electrons. The van der Waals surface area contributed by atoms with Crippen molar-refractivity contribution >= 4 is 48.0 Å². The van der Waals surface area contributed by atoms with Crippen LogP contribution in [-0.4, -0.2) is 8.42 Å². The Morgan fingerprint density at radius 2 is 2.00 bits per heavy atom. The van der Waals surface area contributed by atoms with Crippen LogP contribution in [-0.2, 0) is 9.05 Å². The molecule has 0 saturated heterocycles. The fourth-order valence-electron chi connectivity index (χ4n) is 0.660.